The molecule has 1 N–H and O–H groups in total. The second-order valence-electron chi connectivity index (χ2n) is 6.45. The molecular weight excluding hydrogens is 330 g/mol. The highest BCUT2D eigenvalue weighted by Gasteiger charge is 2.08. The van der Waals surface area contributed by atoms with Crippen LogP contribution in [0.5, 0.6) is 5.75 Å². The van der Waals surface area contributed by atoms with Gasteiger partial charge in [-0.3, -0.25) is 0 Å². The summed E-state index contributed by atoms with van der Waals surface area (Å²) in [7, 11) is 4.04. The average Bonchev–Trinajstić information content (AvgIpc) is 2.62. The molecule has 0 radical (unpaired) electrons. The molecule has 1 atom stereocenters. The molecule has 136 valence electrons. The fourth-order valence-corrected chi connectivity index (χ4v) is 3.20. The van der Waals surface area contributed by atoms with E-state index >= 15 is 0 Å². The molecular formula is C21H29NO2S. The number of hydrogen-bond donors (Lipinski definition) is 1. The van der Waals surface area contributed by atoms with Crippen LogP contribution in [-0.4, -0.2) is 37.3 Å². The number of nitrogens with zero attached hydrogens (tertiary/aromatic N) is 1. The molecule has 4 heteroatoms. The Morgan fingerprint density at radius 1 is 1.00 bits per heavy atom. The van der Waals surface area contributed by atoms with Gasteiger partial charge in [0.15, 0.2) is 0 Å². The van der Waals surface area contributed by atoms with Crippen LogP contribution in [-0.2, 0) is 0 Å². The SMILES string of the molecule is CCCCOc1ccc(Sc2ccc(C(O)CCN(C)C)cc2)cc1. The lowest BCUT2D eigenvalue weighted by Gasteiger charge is -2.15. The molecule has 0 aliphatic rings. The Bertz CT molecular complexity index is 611. The van der Waals surface area contributed by atoms with Crippen molar-refractivity contribution in [3.8, 4) is 5.75 Å². The Morgan fingerprint density at radius 3 is 2.16 bits per heavy atom. The number of hydrogen-bond acceptors (Lipinski definition) is 4. The van der Waals surface area contributed by atoms with Gasteiger partial charge in [0.25, 0.3) is 0 Å². The van der Waals surface area contributed by atoms with E-state index < -0.39 is 6.10 Å². The Kier molecular flexibility index (Phi) is 8.32. The monoisotopic (exact) mass is 359 g/mol. The third kappa shape index (κ3) is 7.10. The van der Waals surface area contributed by atoms with Crippen molar-refractivity contribution in [1.29, 1.82) is 0 Å². The van der Waals surface area contributed by atoms with Crippen LogP contribution in [0.3, 0.4) is 0 Å². The van der Waals surface area contributed by atoms with Crippen LogP contribution in [0, 0.1) is 0 Å². The lowest BCUT2D eigenvalue weighted by molar-refractivity contribution is 0.154. The van der Waals surface area contributed by atoms with E-state index in [1.165, 1.54) is 9.79 Å². The van der Waals surface area contributed by atoms with E-state index in [0.29, 0.717) is 0 Å². The van der Waals surface area contributed by atoms with E-state index in [-0.39, 0.29) is 0 Å². The first-order valence-electron chi connectivity index (χ1n) is 8.92. The van der Waals surface area contributed by atoms with E-state index in [9.17, 15) is 5.11 Å². The van der Waals surface area contributed by atoms with Crippen molar-refractivity contribution < 1.29 is 9.84 Å². The summed E-state index contributed by atoms with van der Waals surface area (Å²) in [6.07, 6.45) is 2.58. The molecule has 0 aliphatic carbocycles. The van der Waals surface area contributed by atoms with Crippen molar-refractivity contribution >= 4 is 11.8 Å². The molecule has 2 rings (SSSR count). The van der Waals surface area contributed by atoms with Crippen LogP contribution in [0.15, 0.2) is 58.3 Å². The summed E-state index contributed by atoms with van der Waals surface area (Å²) in [5.74, 6) is 0.928. The van der Waals surface area contributed by atoms with E-state index in [0.717, 1.165) is 43.7 Å². The molecule has 25 heavy (non-hydrogen) atoms. The van der Waals surface area contributed by atoms with Gasteiger partial charge in [-0.2, -0.15) is 0 Å². The average molecular weight is 360 g/mol. The fourth-order valence-electron chi connectivity index (χ4n) is 2.38. The predicted molar refractivity (Wildman–Crippen MR) is 106 cm³/mol. The maximum atomic E-state index is 10.2. The molecule has 0 aliphatic heterocycles. The predicted octanol–water partition coefficient (Wildman–Crippen LogP) is 5.00. The number of ether oxygens (including phenoxy) is 1. The third-order valence-corrected chi connectivity index (χ3v) is 4.96. The fraction of sp³-hybridized carbons (Fsp3) is 0.429. The Morgan fingerprint density at radius 2 is 1.60 bits per heavy atom. The van der Waals surface area contributed by atoms with Crippen LogP contribution in [0.25, 0.3) is 0 Å². The molecule has 0 saturated heterocycles. The first-order chi connectivity index (χ1) is 12.1. The minimum absolute atomic E-state index is 0.402. The van der Waals surface area contributed by atoms with Crippen LogP contribution >= 0.6 is 11.8 Å². The molecule has 1 unspecified atom stereocenters. The van der Waals surface area contributed by atoms with Gasteiger partial charge < -0.3 is 14.7 Å². The van der Waals surface area contributed by atoms with Crippen LogP contribution in [0.1, 0.15) is 37.9 Å². The Balaban J connectivity index is 1.88. The summed E-state index contributed by atoms with van der Waals surface area (Å²) < 4.78 is 5.69. The zero-order valence-electron chi connectivity index (χ0n) is 15.4. The summed E-state index contributed by atoms with van der Waals surface area (Å²) in [4.78, 5) is 4.44. The number of aliphatic hydroxyl groups excluding tert-OH is 1. The summed E-state index contributed by atoms with van der Waals surface area (Å²) in [5, 5.41) is 10.2. The van der Waals surface area contributed by atoms with Gasteiger partial charge in [0.1, 0.15) is 5.75 Å². The standard InChI is InChI=1S/C21H29NO2S/c1-4-5-16-24-18-8-12-20(13-9-18)25-19-10-6-17(7-11-19)21(23)14-15-22(2)3/h6-13,21,23H,4-5,14-16H2,1-3H3. The summed E-state index contributed by atoms with van der Waals surface area (Å²) in [5.41, 5.74) is 0.978. The molecule has 0 aromatic heterocycles. The molecule has 0 spiro atoms. The highest BCUT2D eigenvalue weighted by molar-refractivity contribution is 7.99. The zero-order chi connectivity index (χ0) is 18.1. The van der Waals surface area contributed by atoms with Crippen molar-refractivity contribution in [3.05, 3.63) is 54.1 Å². The topological polar surface area (TPSA) is 32.7 Å². The van der Waals surface area contributed by atoms with Gasteiger partial charge in [0.2, 0.25) is 0 Å². The number of benzene rings is 2. The van der Waals surface area contributed by atoms with Gasteiger partial charge in [0.05, 0.1) is 12.7 Å². The van der Waals surface area contributed by atoms with E-state index in [4.69, 9.17) is 4.74 Å². The normalized spacial score (nSPS) is 12.4. The van der Waals surface area contributed by atoms with Gasteiger partial charge in [0, 0.05) is 16.3 Å². The summed E-state index contributed by atoms with van der Waals surface area (Å²) in [6, 6.07) is 16.4. The van der Waals surface area contributed by atoms with Gasteiger partial charge in [-0.15, -0.1) is 0 Å². The van der Waals surface area contributed by atoms with Crippen LogP contribution in [0.4, 0.5) is 0 Å². The van der Waals surface area contributed by atoms with Crippen LogP contribution in [0.2, 0.25) is 0 Å². The summed E-state index contributed by atoms with van der Waals surface area (Å²) in [6.45, 7) is 3.82. The first kappa shape index (κ1) is 19.8. The van der Waals surface area contributed by atoms with Crippen LogP contribution < -0.4 is 4.74 Å². The molecule has 0 saturated carbocycles. The maximum absolute atomic E-state index is 10.2. The lowest BCUT2D eigenvalue weighted by Crippen LogP contribution is -2.15. The molecule has 0 heterocycles. The summed E-state index contributed by atoms with van der Waals surface area (Å²) >= 11 is 1.72. The van der Waals surface area contributed by atoms with Gasteiger partial charge in [-0.25, -0.2) is 0 Å². The lowest BCUT2D eigenvalue weighted by atomic mass is 10.1. The molecule has 0 amide bonds. The Hall–Kier alpha value is -1.49. The molecule has 2 aromatic rings. The second-order valence-corrected chi connectivity index (χ2v) is 7.60. The van der Waals surface area contributed by atoms with Crippen molar-refractivity contribution in [1.82, 2.24) is 4.90 Å². The molecule has 3 nitrogen and oxygen atoms in total. The third-order valence-electron chi connectivity index (χ3n) is 3.94. The smallest absolute Gasteiger partial charge is 0.119 e. The molecule has 0 bridgehead atoms. The van der Waals surface area contributed by atoms with Crippen molar-refractivity contribution in [2.24, 2.45) is 0 Å². The Labute approximate surface area is 156 Å². The minimum Gasteiger partial charge on any atom is -0.494 e. The molecule has 0 fully saturated rings. The number of rotatable bonds is 10. The van der Waals surface area contributed by atoms with Gasteiger partial charge in [-0.05, 0) is 68.9 Å². The quantitative estimate of drug-likeness (QED) is 0.605. The number of unbranched alkanes of at least 4 members (excludes halogenated alkanes) is 1. The number of aliphatic hydroxyl groups is 1. The van der Waals surface area contributed by atoms with Crippen molar-refractivity contribution in [2.75, 3.05) is 27.2 Å². The van der Waals surface area contributed by atoms with Crippen molar-refractivity contribution in [3.63, 3.8) is 0 Å². The first-order valence-corrected chi connectivity index (χ1v) is 9.73. The maximum Gasteiger partial charge on any atom is 0.119 e. The largest absolute Gasteiger partial charge is 0.494 e. The van der Waals surface area contributed by atoms with E-state index in [1.807, 2.05) is 38.4 Å². The highest BCUT2D eigenvalue weighted by atomic mass is 32.2. The highest BCUT2D eigenvalue weighted by Crippen LogP contribution is 2.30. The van der Waals surface area contributed by atoms with Gasteiger partial charge in [-0.1, -0.05) is 37.2 Å². The van der Waals surface area contributed by atoms with E-state index in [1.54, 1.807) is 11.8 Å². The second kappa shape index (κ2) is 10.5. The zero-order valence-corrected chi connectivity index (χ0v) is 16.3. The van der Waals surface area contributed by atoms with E-state index in [2.05, 4.69) is 36.1 Å². The van der Waals surface area contributed by atoms with Crippen molar-refractivity contribution in [2.45, 2.75) is 42.1 Å². The molecule has 2 aromatic carbocycles. The van der Waals surface area contributed by atoms with Gasteiger partial charge >= 0.3 is 0 Å². The minimum atomic E-state index is -0.402.